The lowest BCUT2D eigenvalue weighted by atomic mass is 10.1. The van der Waals surface area contributed by atoms with Crippen LogP contribution in [-0.2, 0) is 0 Å². The Balaban J connectivity index is 2.94. The van der Waals surface area contributed by atoms with Crippen molar-refractivity contribution in [3.63, 3.8) is 0 Å². The summed E-state index contributed by atoms with van der Waals surface area (Å²) in [5.74, 6) is 0. The van der Waals surface area contributed by atoms with Crippen LogP contribution < -0.4 is 0 Å². The van der Waals surface area contributed by atoms with Gasteiger partial charge in [-0.15, -0.1) is 12.6 Å². The van der Waals surface area contributed by atoms with E-state index in [0.29, 0.717) is 10.5 Å². The van der Waals surface area contributed by atoms with Gasteiger partial charge in [0.15, 0.2) is 0 Å². The molecule has 0 fully saturated rings. The van der Waals surface area contributed by atoms with Gasteiger partial charge in [0.25, 0.3) is 0 Å². The van der Waals surface area contributed by atoms with Crippen molar-refractivity contribution in [1.82, 2.24) is 4.98 Å². The summed E-state index contributed by atoms with van der Waals surface area (Å²) in [5, 5.41) is 9.75. The van der Waals surface area contributed by atoms with Crippen molar-refractivity contribution in [1.29, 1.82) is 5.26 Å². The number of thiol groups is 1. The van der Waals surface area contributed by atoms with E-state index in [9.17, 15) is 0 Å². The van der Waals surface area contributed by atoms with Gasteiger partial charge in [-0.25, -0.2) is 0 Å². The number of hydrogen-bond acceptors (Lipinski definition) is 3. The summed E-state index contributed by atoms with van der Waals surface area (Å²) < 4.78 is 0. The van der Waals surface area contributed by atoms with Crippen molar-refractivity contribution < 1.29 is 0 Å². The largest absolute Gasteiger partial charge is 0.256 e. The van der Waals surface area contributed by atoms with E-state index in [0.717, 1.165) is 10.9 Å². The van der Waals surface area contributed by atoms with Crippen LogP contribution in [0.15, 0.2) is 35.4 Å². The fraction of sp³-hybridized carbons (Fsp3) is 0. The first-order chi connectivity index (χ1) is 6.33. The lowest BCUT2D eigenvalue weighted by Crippen LogP contribution is -1.84. The highest BCUT2D eigenvalue weighted by Crippen LogP contribution is 2.22. The van der Waals surface area contributed by atoms with Crippen molar-refractivity contribution in [2.75, 3.05) is 0 Å². The maximum absolute atomic E-state index is 8.89. The van der Waals surface area contributed by atoms with E-state index in [4.69, 9.17) is 5.26 Å². The van der Waals surface area contributed by atoms with Crippen molar-refractivity contribution in [2.45, 2.75) is 4.90 Å². The topological polar surface area (TPSA) is 36.7 Å². The van der Waals surface area contributed by atoms with Gasteiger partial charge in [-0.05, 0) is 24.3 Å². The van der Waals surface area contributed by atoms with Gasteiger partial charge in [0.05, 0.1) is 11.1 Å². The Hall–Kier alpha value is -1.53. The molecule has 0 amide bonds. The molecule has 1 heterocycles. The molecule has 0 spiro atoms. The smallest absolute Gasteiger partial charge is 0.101 e. The van der Waals surface area contributed by atoms with E-state index in [1.54, 1.807) is 12.3 Å². The second-order valence-corrected chi connectivity index (χ2v) is 3.12. The van der Waals surface area contributed by atoms with Crippen LogP contribution in [-0.4, -0.2) is 4.98 Å². The molecule has 1 aromatic carbocycles. The SMILES string of the molecule is N#Cc1c(S)ccc2ncccc12. The summed E-state index contributed by atoms with van der Waals surface area (Å²) in [4.78, 5) is 4.84. The standard InChI is InChI=1S/C10H6N2S/c11-6-8-7-2-1-5-12-9(7)3-4-10(8)13/h1-5,13H. The summed E-state index contributed by atoms with van der Waals surface area (Å²) in [6.07, 6.45) is 1.71. The fourth-order valence-electron chi connectivity index (χ4n) is 1.26. The van der Waals surface area contributed by atoms with Crippen LogP contribution in [0.2, 0.25) is 0 Å². The van der Waals surface area contributed by atoms with Crippen LogP contribution in [0.1, 0.15) is 5.56 Å². The van der Waals surface area contributed by atoms with Crippen LogP contribution in [0.3, 0.4) is 0 Å². The number of rotatable bonds is 0. The van der Waals surface area contributed by atoms with Crippen molar-refractivity contribution in [3.05, 3.63) is 36.0 Å². The van der Waals surface area contributed by atoms with E-state index < -0.39 is 0 Å². The molecular formula is C10H6N2S. The Morgan fingerprint density at radius 3 is 2.92 bits per heavy atom. The molecule has 62 valence electrons. The lowest BCUT2D eigenvalue weighted by molar-refractivity contribution is 1.36. The van der Waals surface area contributed by atoms with Gasteiger partial charge in [-0.2, -0.15) is 5.26 Å². The predicted octanol–water partition coefficient (Wildman–Crippen LogP) is 2.40. The summed E-state index contributed by atoms with van der Waals surface area (Å²) >= 11 is 4.20. The van der Waals surface area contributed by atoms with Gasteiger partial charge in [-0.3, -0.25) is 4.98 Å². The first-order valence-electron chi connectivity index (χ1n) is 3.80. The zero-order valence-electron chi connectivity index (χ0n) is 6.73. The van der Waals surface area contributed by atoms with Gasteiger partial charge < -0.3 is 0 Å². The minimum Gasteiger partial charge on any atom is -0.256 e. The summed E-state index contributed by atoms with van der Waals surface area (Å²) in [6.45, 7) is 0. The fourth-order valence-corrected chi connectivity index (χ4v) is 1.50. The van der Waals surface area contributed by atoms with Gasteiger partial charge in [0.1, 0.15) is 6.07 Å². The molecule has 0 aliphatic rings. The summed E-state index contributed by atoms with van der Waals surface area (Å²) in [5.41, 5.74) is 1.42. The average molecular weight is 186 g/mol. The zero-order chi connectivity index (χ0) is 9.26. The average Bonchev–Trinajstić information content (AvgIpc) is 2.18. The molecule has 0 atom stereocenters. The minimum atomic E-state index is 0.592. The van der Waals surface area contributed by atoms with Gasteiger partial charge in [-0.1, -0.05) is 0 Å². The first-order valence-corrected chi connectivity index (χ1v) is 4.24. The molecule has 0 aliphatic carbocycles. The minimum absolute atomic E-state index is 0.592. The molecule has 2 aromatic rings. The Morgan fingerprint density at radius 1 is 1.31 bits per heavy atom. The molecule has 13 heavy (non-hydrogen) atoms. The zero-order valence-corrected chi connectivity index (χ0v) is 7.62. The molecule has 0 saturated carbocycles. The van der Waals surface area contributed by atoms with E-state index >= 15 is 0 Å². The number of pyridine rings is 1. The maximum Gasteiger partial charge on any atom is 0.101 e. The predicted molar refractivity (Wildman–Crippen MR) is 53.7 cm³/mol. The van der Waals surface area contributed by atoms with Crippen LogP contribution in [0.4, 0.5) is 0 Å². The van der Waals surface area contributed by atoms with E-state index in [1.807, 2.05) is 18.2 Å². The Morgan fingerprint density at radius 2 is 2.15 bits per heavy atom. The molecule has 2 rings (SSSR count). The second-order valence-electron chi connectivity index (χ2n) is 2.64. The highest BCUT2D eigenvalue weighted by molar-refractivity contribution is 7.80. The van der Waals surface area contributed by atoms with E-state index in [1.165, 1.54) is 0 Å². The molecule has 2 nitrogen and oxygen atoms in total. The molecule has 0 N–H and O–H groups in total. The van der Waals surface area contributed by atoms with Gasteiger partial charge in [0, 0.05) is 16.5 Å². The quantitative estimate of drug-likeness (QED) is 0.641. The molecule has 3 heteroatoms. The third kappa shape index (κ3) is 1.25. The molecule has 0 radical (unpaired) electrons. The molecule has 0 aliphatic heterocycles. The van der Waals surface area contributed by atoms with Crippen LogP contribution in [0.25, 0.3) is 10.9 Å². The third-order valence-electron chi connectivity index (χ3n) is 1.87. The third-order valence-corrected chi connectivity index (χ3v) is 2.25. The van der Waals surface area contributed by atoms with Crippen molar-refractivity contribution in [3.8, 4) is 6.07 Å². The Bertz CT molecular complexity index is 500. The molecule has 0 bridgehead atoms. The normalized spacial score (nSPS) is 9.85. The van der Waals surface area contributed by atoms with Gasteiger partial charge >= 0.3 is 0 Å². The van der Waals surface area contributed by atoms with E-state index in [2.05, 4.69) is 23.7 Å². The second kappa shape index (κ2) is 3.08. The Kier molecular flexibility index (Phi) is 1.91. The van der Waals surface area contributed by atoms with Crippen LogP contribution in [0.5, 0.6) is 0 Å². The molecule has 0 saturated heterocycles. The number of fused-ring (bicyclic) bond motifs is 1. The van der Waals surface area contributed by atoms with Crippen LogP contribution in [0, 0.1) is 11.3 Å². The number of benzene rings is 1. The lowest BCUT2D eigenvalue weighted by Gasteiger charge is -2.00. The Labute approximate surface area is 81.2 Å². The number of nitriles is 1. The molecule has 0 unspecified atom stereocenters. The van der Waals surface area contributed by atoms with E-state index in [-0.39, 0.29) is 0 Å². The number of nitrogens with zero attached hydrogens (tertiary/aromatic N) is 2. The monoisotopic (exact) mass is 186 g/mol. The highest BCUT2D eigenvalue weighted by atomic mass is 32.1. The van der Waals surface area contributed by atoms with Crippen molar-refractivity contribution >= 4 is 23.5 Å². The maximum atomic E-state index is 8.89. The highest BCUT2D eigenvalue weighted by Gasteiger charge is 2.03. The molecular weight excluding hydrogens is 180 g/mol. The van der Waals surface area contributed by atoms with Crippen molar-refractivity contribution in [2.24, 2.45) is 0 Å². The first kappa shape index (κ1) is 8.09. The summed E-state index contributed by atoms with van der Waals surface area (Å²) in [7, 11) is 0. The number of aromatic nitrogens is 1. The van der Waals surface area contributed by atoms with Gasteiger partial charge in [0.2, 0.25) is 0 Å². The van der Waals surface area contributed by atoms with Crippen LogP contribution >= 0.6 is 12.6 Å². The number of hydrogen-bond donors (Lipinski definition) is 1. The molecule has 1 aromatic heterocycles. The summed E-state index contributed by atoms with van der Waals surface area (Å²) in [6, 6.07) is 9.46.